The quantitative estimate of drug-likeness (QED) is 0.839. The number of anilines is 1. The fourth-order valence-corrected chi connectivity index (χ4v) is 3.12. The number of rotatable bonds is 4. The van der Waals surface area contributed by atoms with Gasteiger partial charge in [0.2, 0.25) is 0 Å². The zero-order valence-corrected chi connectivity index (χ0v) is 12.4. The van der Waals surface area contributed by atoms with E-state index in [1.54, 1.807) is 11.3 Å². The molecule has 0 radical (unpaired) electrons. The maximum atomic E-state index is 4.51. The van der Waals surface area contributed by atoms with Gasteiger partial charge in [-0.3, -0.25) is 0 Å². The van der Waals surface area contributed by atoms with E-state index < -0.39 is 0 Å². The Kier molecular flexibility index (Phi) is 4.18. The Bertz CT molecular complexity index is 482. The zero-order valence-electron chi connectivity index (χ0n) is 9.98. The molecule has 0 N–H and O–H groups in total. The fraction of sp³-hybridized carbons (Fsp3) is 0.308. The maximum absolute atomic E-state index is 4.51. The first-order chi connectivity index (χ1) is 8.20. The lowest BCUT2D eigenvalue weighted by Crippen LogP contribution is -2.23. The summed E-state index contributed by atoms with van der Waals surface area (Å²) in [6.07, 6.45) is 1.91. The summed E-state index contributed by atoms with van der Waals surface area (Å²) >= 11 is 5.38. The van der Waals surface area contributed by atoms with Crippen LogP contribution in [0.4, 0.5) is 5.82 Å². The van der Waals surface area contributed by atoms with Crippen molar-refractivity contribution in [1.29, 1.82) is 0 Å². The summed E-state index contributed by atoms with van der Waals surface area (Å²) in [4.78, 5) is 8.15. The molecule has 0 unspecified atom stereocenters. The summed E-state index contributed by atoms with van der Waals surface area (Å²) < 4.78 is 1.07. The van der Waals surface area contributed by atoms with Gasteiger partial charge in [-0.15, -0.1) is 11.3 Å². The van der Waals surface area contributed by atoms with Crippen molar-refractivity contribution < 1.29 is 0 Å². The molecule has 90 valence electrons. The molecule has 2 nitrogen and oxygen atoms in total. The van der Waals surface area contributed by atoms with Gasteiger partial charge >= 0.3 is 0 Å². The number of pyridine rings is 1. The molecule has 2 heterocycles. The van der Waals surface area contributed by atoms with E-state index in [0.29, 0.717) is 0 Å². The Morgan fingerprint density at radius 2 is 2.29 bits per heavy atom. The van der Waals surface area contributed by atoms with Gasteiger partial charge in [0, 0.05) is 17.6 Å². The molecule has 0 amide bonds. The van der Waals surface area contributed by atoms with Crippen molar-refractivity contribution in [2.75, 3.05) is 11.4 Å². The minimum atomic E-state index is 0.919. The second-order valence-corrected chi connectivity index (χ2v) is 5.80. The summed E-state index contributed by atoms with van der Waals surface area (Å²) in [5, 5.41) is 2.11. The molecule has 0 aromatic carbocycles. The third-order valence-corrected chi connectivity index (χ3v) is 4.01. The van der Waals surface area contributed by atoms with Crippen molar-refractivity contribution in [2.45, 2.75) is 20.4 Å². The van der Waals surface area contributed by atoms with E-state index in [9.17, 15) is 0 Å². The lowest BCUT2D eigenvalue weighted by Gasteiger charge is -2.22. The van der Waals surface area contributed by atoms with Crippen LogP contribution in [0, 0.1) is 6.92 Å². The van der Waals surface area contributed by atoms with E-state index >= 15 is 0 Å². The van der Waals surface area contributed by atoms with Gasteiger partial charge in [-0.1, -0.05) is 6.07 Å². The van der Waals surface area contributed by atoms with Crippen molar-refractivity contribution in [3.8, 4) is 0 Å². The molecule has 0 bridgehead atoms. The van der Waals surface area contributed by atoms with Crippen LogP contribution in [0.15, 0.2) is 34.2 Å². The third kappa shape index (κ3) is 3.07. The SMILES string of the molecule is CCN(Cc1cccs1)c1ncc(C)cc1Br. The van der Waals surface area contributed by atoms with E-state index in [4.69, 9.17) is 0 Å². The van der Waals surface area contributed by atoms with Crippen molar-refractivity contribution in [2.24, 2.45) is 0 Å². The molecule has 0 aliphatic rings. The molecule has 0 aliphatic carbocycles. The number of hydrogen-bond acceptors (Lipinski definition) is 3. The molecule has 2 rings (SSSR count). The van der Waals surface area contributed by atoms with Gasteiger partial charge in [0.05, 0.1) is 11.0 Å². The summed E-state index contributed by atoms with van der Waals surface area (Å²) in [5.41, 5.74) is 1.17. The summed E-state index contributed by atoms with van der Waals surface area (Å²) in [5.74, 6) is 1.02. The van der Waals surface area contributed by atoms with Gasteiger partial charge in [-0.2, -0.15) is 0 Å². The lowest BCUT2D eigenvalue weighted by molar-refractivity contribution is 0.819. The molecular weight excluding hydrogens is 296 g/mol. The van der Waals surface area contributed by atoms with Crippen LogP contribution in [0.5, 0.6) is 0 Å². The van der Waals surface area contributed by atoms with Crippen molar-refractivity contribution in [3.05, 3.63) is 44.7 Å². The largest absolute Gasteiger partial charge is 0.351 e. The molecule has 2 aromatic heterocycles. The molecule has 0 spiro atoms. The molecule has 17 heavy (non-hydrogen) atoms. The molecule has 0 fully saturated rings. The second kappa shape index (κ2) is 5.65. The summed E-state index contributed by atoms with van der Waals surface area (Å²) in [6, 6.07) is 6.36. The van der Waals surface area contributed by atoms with Gasteiger partial charge in [0.1, 0.15) is 5.82 Å². The first-order valence-corrected chi connectivity index (χ1v) is 7.27. The number of halogens is 1. The van der Waals surface area contributed by atoms with Gasteiger partial charge in [-0.05, 0) is 52.9 Å². The topological polar surface area (TPSA) is 16.1 Å². The van der Waals surface area contributed by atoms with E-state index in [2.05, 4.69) is 63.2 Å². The van der Waals surface area contributed by atoms with Crippen molar-refractivity contribution >= 4 is 33.1 Å². The van der Waals surface area contributed by atoms with E-state index in [0.717, 1.165) is 23.4 Å². The molecule has 0 aliphatic heterocycles. The van der Waals surface area contributed by atoms with E-state index in [-0.39, 0.29) is 0 Å². The number of hydrogen-bond donors (Lipinski definition) is 0. The average Bonchev–Trinajstić information content (AvgIpc) is 2.79. The minimum absolute atomic E-state index is 0.919. The van der Waals surface area contributed by atoms with Crippen LogP contribution in [-0.4, -0.2) is 11.5 Å². The van der Waals surface area contributed by atoms with Crippen LogP contribution < -0.4 is 4.90 Å². The van der Waals surface area contributed by atoms with E-state index in [1.165, 1.54) is 10.4 Å². The predicted octanol–water partition coefficient (Wildman–Crippen LogP) is 4.24. The van der Waals surface area contributed by atoms with Crippen LogP contribution in [0.1, 0.15) is 17.4 Å². The molecular formula is C13H15BrN2S. The Morgan fingerprint density at radius 3 is 2.88 bits per heavy atom. The average molecular weight is 311 g/mol. The standard InChI is InChI=1S/C13H15BrN2S/c1-3-16(9-11-5-4-6-17-11)13-12(14)7-10(2)8-15-13/h4-8H,3,9H2,1-2H3. The highest BCUT2D eigenvalue weighted by atomic mass is 79.9. The second-order valence-electron chi connectivity index (χ2n) is 3.91. The smallest absolute Gasteiger partial charge is 0.143 e. The normalized spacial score (nSPS) is 10.5. The van der Waals surface area contributed by atoms with Crippen LogP contribution in [0.25, 0.3) is 0 Å². The van der Waals surface area contributed by atoms with Crippen molar-refractivity contribution in [1.82, 2.24) is 4.98 Å². The van der Waals surface area contributed by atoms with Crippen LogP contribution >= 0.6 is 27.3 Å². The van der Waals surface area contributed by atoms with E-state index in [1.807, 2.05) is 6.20 Å². The van der Waals surface area contributed by atoms with Crippen LogP contribution in [-0.2, 0) is 6.54 Å². The lowest BCUT2D eigenvalue weighted by atomic mass is 10.3. The fourth-order valence-electron chi connectivity index (χ4n) is 1.69. The van der Waals surface area contributed by atoms with Gasteiger partial charge < -0.3 is 4.90 Å². The van der Waals surface area contributed by atoms with Gasteiger partial charge in [0.25, 0.3) is 0 Å². The monoisotopic (exact) mass is 310 g/mol. The first-order valence-electron chi connectivity index (χ1n) is 5.60. The number of aromatic nitrogens is 1. The highest BCUT2D eigenvalue weighted by Gasteiger charge is 2.11. The summed E-state index contributed by atoms with van der Waals surface area (Å²) in [7, 11) is 0. The highest BCUT2D eigenvalue weighted by Crippen LogP contribution is 2.26. The Labute approximate surface area is 114 Å². The molecule has 4 heteroatoms. The number of thiophene rings is 1. The summed E-state index contributed by atoms with van der Waals surface area (Å²) in [6.45, 7) is 6.08. The number of aryl methyl sites for hydroxylation is 1. The predicted molar refractivity (Wildman–Crippen MR) is 77.7 cm³/mol. The minimum Gasteiger partial charge on any atom is -0.351 e. The number of nitrogens with zero attached hydrogens (tertiary/aromatic N) is 2. The Hall–Kier alpha value is -0.870. The van der Waals surface area contributed by atoms with Crippen LogP contribution in [0.2, 0.25) is 0 Å². The Balaban J connectivity index is 2.23. The third-order valence-electron chi connectivity index (χ3n) is 2.57. The van der Waals surface area contributed by atoms with Gasteiger partial charge in [0.15, 0.2) is 0 Å². The zero-order chi connectivity index (χ0) is 12.3. The Morgan fingerprint density at radius 1 is 1.47 bits per heavy atom. The van der Waals surface area contributed by atoms with Crippen molar-refractivity contribution in [3.63, 3.8) is 0 Å². The molecule has 0 saturated heterocycles. The first kappa shape index (κ1) is 12.6. The molecule has 2 aromatic rings. The van der Waals surface area contributed by atoms with Gasteiger partial charge in [-0.25, -0.2) is 4.98 Å². The maximum Gasteiger partial charge on any atom is 0.143 e. The highest BCUT2D eigenvalue weighted by molar-refractivity contribution is 9.10. The molecule has 0 saturated carbocycles. The molecule has 0 atom stereocenters. The van der Waals surface area contributed by atoms with Crippen LogP contribution in [0.3, 0.4) is 0 Å².